The average molecular weight is 258 g/mol. The van der Waals surface area contributed by atoms with Crippen LogP contribution in [0.5, 0.6) is 0 Å². The molecule has 2 N–H and O–H groups in total. The van der Waals surface area contributed by atoms with Crippen LogP contribution in [0.2, 0.25) is 0 Å². The summed E-state index contributed by atoms with van der Waals surface area (Å²) in [4.78, 5) is 27.0. The molecule has 0 aliphatic carbocycles. The van der Waals surface area contributed by atoms with Gasteiger partial charge in [-0.3, -0.25) is 4.79 Å². The third-order valence-corrected chi connectivity index (χ3v) is 2.94. The zero-order valence-electron chi connectivity index (χ0n) is 10.8. The molecule has 1 aromatic heterocycles. The normalized spacial score (nSPS) is 10.4. The Labute approximate surface area is 110 Å². The van der Waals surface area contributed by atoms with E-state index in [0.717, 1.165) is 6.29 Å². The minimum atomic E-state index is -0.554. The largest absolute Gasteiger partial charge is 0.461 e. The lowest BCUT2D eigenvalue weighted by Crippen LogP contribution is -2.12. The van der Waals surface area contributed by atoms with Crippen LogP contribution in [-0.4, -0.2) is 23.8 Å². The van der Waals surface area contributed by atoms with Gasteiger partial charge in [-0.2, -0.15) is 0 Å². The van der Waals surface area contributed by atoms with E-state index in [1.54, 1.807) is 32.0 Å². The van der Waals surface area contributed by atoms with Crippen LogP contribution in [0.1, 0.15) is 33.3 Å². The van der Waals surface area contributed by atoms with E-state index in [9.17, 15) is 9.59 Å². The van der Waals surface area contributed by atoms with E-state index >= 15 is 0 Å². The second-order valence-corrected chi connectivity index (χ2v) is 4.08. The standard InChI is InChI=1S/C14H14N2O3/c1-3-19-14(18)13-12(15)8(2)11-9(7-17)5-4-6-10(11)16-13/h4-7H,3,15H2,1-2H3. The molecule has 0 aliphatic heterocycles. The van der Waals surface area contributed by atoms with Crippen LogP contribution < -0.4 is 5.73 Å². The second-order valence-electron chi connectivity index (χ2n) is 4.08. The number of esters is 1. The number of pyridine rings is 1. The highest BCUT2D eigenvalue weighted by molar-refractivity contribution is 6.04. The van der Waals surface area contributed by atoms with Gasteiger partial charge in [0.25, 0.3) is 0 Å². The van der Waals surface area contributed by atoms with E-state index in [1.165, 1.54) is 0 Å². The summed E-state index contributed by atoms with van der Waals surface area (Å²) >= 11 is 0. The summed E-state index contributed by atoms with van der Waals surface area (Å²) < 4.78 is 4.92. The number of carbonyl (C=O) groups is 2. The highest BCUT2D eigenvalue weighted by Crippen LogP contribution is 2.27. The Morgan fingerprint density at radius 3 is 2.84 bits per heavy atom. The van der Waals surface area contributed by atoms with E-state index in [-0.39, 0.29) is 18.0 Å². The molecule has 5 heteroatoms. The van der Waals surface area contributed by atoms with Crippen LogP contribution in [0, 0.1) is 6.92 Å². The molecule has 2 aromatic rings. The van der Waals surface area contributed by atoms with Crippen LogP contribution in [0.4, 0.5) is 5.69 Å². The fraction of sp³-hybridized carbons (Fsp3) is 0.214. The molecule has 1 heterocycles. The first-order valence-corrected chi connectivity index (χ1v) is 5.91. The van der Waals surface area contributed by atoms with Gasteiger partial charge in [-0.05, 0) is 25.5 Å². The molecule has 0 unspecified atom stereocenters. The molecule has 0 bridgehead atoms. The van der Waals surface area contributed by atoms with E-state index in [4.69, 9.17) is 10.5 Å². The van der Waals surface area contributed by atoms with Crippen molar-refractivity contribution in [2.45, 2.75) is 13.8 Å². The van der Waals surface area contributed by atoms with E-state index in [2.05, 4.69) is 4.98 Å². The van der Waals surface area contributed by atoms with Gasteiger partial charge in [-0.15, -0.1) is 0 Å². The van der Waals surface area contributed by atoms with Gasteiger partial charge in [0.1, 0.15) is 0 Å². The zero-order valence-corrected chi connectivity index (χ0v) is 10.8. The summed E-state index contributed by atoms with van der Waals surface area (Å²) in [6.07, 6.45) is 0.750. The number of aromatic nitrogens is 1. The number of carbonyl (C=O) groups excluding carboxylic acids is 2. The topological polar surface area (TPSA) is 82.3 Å². The van der Waals surface area contributed by atoms with E-state index < -0.39 is 5.97 Å². The van der Waals surface area contributed by atoms with Gasteiger partial charge in [0.05, 0.1) is 17.8 Å². The first-order valence-electron chi connectivity index (χ1n) is 5.91. The third-order valence-electron chi connectivity index (χ3n) is 2.94. The fourth-order valence-corrected chi connectivity index (χ4v) is 2.01. The Balaban J connectivity index is 2.75. The van der Waals surface area contributed by atoms with E-state index in [0.29, 0.717) is 22.0 Å². The molecule has 5 nitrogen and oxygen atoms in total. The molecule has 19 heavy (non-hydrogen) atoms. The predicted molar refractivity (Wildman–Crippen MR) is 72.2 cm³/mol. The number of anilines is 1. The van der Waals surface area contributed by atoms with Crippen molar-refractivity contribution in [3.05, 3.63) is 35.0 Å². The maximum atomic E-state index is 11.8. The molecule has 1 aromatic carbocycles. The van der Waals surface area contributed by atoms with E-state index in [1.807, 2.05) is 0 Å². The summed E-state index contributed by atoms with van der Waals surface area (Å²) in [6, 6.07) is 5.13. The summed E-state index contributed by atoms with van der Waals surface area (Å²) in [5.74, 6) is -0.554. The fourth-order valence-electron chi connectivity index (χ4n) is 2.01. The molecule has 98 valence electrons. The molecular formula is C14H14N2O3. The summed E-state index contributed by atoms with van der Waals surface area (Å²) in [5.41, 5.74) is 7.99. The van der Waals surface area contributed by atoms with Gasteiger partial charge < -0.3 is 10.5 Å². The van der Waals surface area contributed by atoms with Crippen molar-refractivity contribution in [2.75, 3.05) is 12.3 Å². The van der Waals surface area contributed by atoms with Crippen molar-refractivity contribution in [3.63, 3.8) is 0 Å². The lowest BCUT2D eigenvalue weighted by Gasteiger charge is -2.11. The number of aryl methyl sites for hydroxylation is 1. The first kappa shape index (κ1) is 13.0. The van der Waals surface area contributed by atoms with Crippen LogP contribution >= 0.6 is 0 Å². The summed E-state index contributed by atoms with van der Waals surface area (Å²) in [7, 11) is 0. The maximum Gasteiger partial charge on any atom is 0.359 e. The van der Waals surface area contributed by atoms with Crippen LogP contribution in [0.15, 0.2) is 18.2 Å². The predicted octanol–water partition coefficient (Wildman–Crippen LogP) is 2.11. The number of rotatable bonds is 3. The van der Waals surface area contributed by atoms with Crippen molar-refractivity contribution in [1.29, 1.82) is 0 Å². The number of hydrogen-bond acceptors (Lipinski definition) is 5. The molecule has 0 aliphatic rings. The number of ether oxygens (including phenoxy) is 1. The molecule has 0 amide bonds. The van der Waals surface area contributed by atoms with Crippen molar-refractivity contribution >= 4 is 28.8 Å². The van der Waals surface area contributed by atoms with Gasteiger partial charge in [-0.25, -0.2) is 9.78 Å². The van der Waals surface area contributed by atoms with Gasteiger partial charge in [0.15, 0.2) is 12.0 Å². The smallest absolute Gasteiger partial charge is 0.359 e. The summed E-state index contributed by atoms with van der Waals surface area (Å²) in [6.45, 7) is 3.73. The average Bonchev–Trinajstić information content (AvgIpc) is 2.42. The molecular weight excluding hydrogens is 244 g/mol. The molecule has 0 atom stereocenters. The van der Waals surface area contributed by atoms with Gasteiger partial charge in [-0.1, -0.05) is 12.1 Å². The maximum absolute atomic E-state index is 11.8. The second kappa shape index (κ2) is 5.06. The third kappa shape index (κ3) is 2.14. The van der Waals surface area contributed by atoms with Crippen LogP contribution in [-0.2, 0) is 4.74 Å². The number of nitrogens with zero attached hydrogens (tertiary/aromatic N) is 1. The Morgan fingerprint density at radius 2 is 2.21 bits per heavy atom. The quantitative estimate of drug-likeness (QED) is 0.673. The summed E-state index contributed by atoms with van der Waals surface area (Å²) in [5, 5.41) is 0.669. The number of benzene rings is 1. The number of nitrogen functional groups attached to an aromatic ring is 1. The Bertz CT molecular complexity index is 665. The SMILES string of the molecule is CCOC(=O)c1nc2cccc(C=O)c2c(C)c1N. The van der Waals surface area contributed by atoms with Crippen molar-refractivity contribution in [1.82, 2.24) is 4.98 Å². The van der Waals surface area contributed by atoms with Crippen molar-refractivity contribution in [2.24, 2.45) is 0 Å². The number of nitrogens with two attached hydrogens (primary N) is 1. The van der Waals surface area contributed by atoms with Crippen molar-refractivity contribution < 1.29 is 14.3 Å². The number of aldehydes is 1. The van der Waals surface area contributed by atoms with Crippen molar-refractivity contribution in [3.8, 4) is 0 Å². The first-order chi connectivity index (χ1) is 9.10. The molecule has 0 radical (unpaired) electrons. The van der Waals surface area contributed by atoms with Gasteiger partial charge >= 0.3 is 5.97 Å². The number of fused-ring (bicyclic) bond motifs is 1. The molecule has 0 spiro atoms. The molecule has 0 fully saturated rings. The van der Waals surface area contributed by atoms with Crippen LogP contribution in [0.25, 0.3) is 10.9 Å². The molecule has 0 saturated heterocycles. The number of hydrogen-bond donors (Lipinski definition) is 1. The molecule has 2 rings (SSSR count). The highest BCUT2D eigenvalue weighted by Gasteiger charge is 2.18. The molecule has 0 saturated carbocycles. The Hall–Kier alpha value is -2.43. The zero-order chi connectivity index (χ0) is 14.0. The van der Waals surface area contributed by atoms with Crippen LogP contribution in [0.3, 0.4) is 0 Å². The van der Waals surface area contributed by atoms with Gasteiger partial charge in [0, 0.05) is 10.9 Å². The van der Waals surface area contributed by atoms with Gasteiger partial charge in [0.2, 0.25) is 0 Å². The lowest BCUT2D eigenvalue weighted by atomic mass is 10.0. The lowest BCUT2D eigenvalue weighted by molar-refractivity contribution is 0.0521. The monoisotopic (exact) mass is 258 g/mol. The Kier molecular flexibility index (Phi) is 3.46. The highest BCUT2D eigenvalue weighted by atomic mass is 16.5. The minimum Gasteiger partial charge on any atom is -0.461 e. The Morgan fingerprint density at radius 1 is 1.47 bits per heavy atom. The minimum absolute atomic E-state index is 0.0925.